The van der Waals surface area contributed by atoms with Gasteiger partial charge in [-0.3, -0.25) is 4.98 Å². The third-order valence-electron chi connectivity index (χ3n) is 1.88. The van der Waals surface area contributed by atoms with Crippen molar-refractivity contribution in [1.82, 2.24) is 4.98 Å². The molecule has 3 heteroatoms. The van der Waals surface area contributed by atoms with Crippen molar-refractivity contribution in [2.45, 2.75) is 13.8 Å². The molecule has 0 unspecified atom stereocenters. The fourth-order valence-electron chi connectivity index (χ4n) is 1.22. The number of hydrogen-bond acceptors (Lipinski definition) is 3. The van der Waals surface area contributed by atoms with Crippen LogP contribution in [0.5, 0.6) is 5.75 Å². The minimum Gasteiger partial charge on any atom is -0.492 e. The van der Waals surface area contributed by atoms with Gasteiger partial charge in [-0.05, 0) is 23.4 Å². The maximum atomic E-state index is 5.71. The van der Waals surface area contributed by atoms with E-state index in [0.717, 1.165) is 22.6 Å². The second-order valence-corrected chi connectivity index (χ2v) is 4.57. The SMILES string of the molecule is CC(C)COc1ccnc2ccsc12. The molecule has 0 aliphatic heterocycles. The highest BCUT2D eigenvalue weighted by atomic mass is 32.1. The summed E-state index contributed by atoms with van der Waals surface area (Å²) < 4.78 is 6.86. The summed E-state index contributed by atoms with van der Waals surface area (Å²) in [6.07, 6.45) is 1.80. The van der Waals surface area contributed by atoms with E-state index in [1.165, 1.54) is 0 Å². The highest BCUT2D eigenvalue weighted by molar-refractivity contribution is 7.17. The van der Waals surface area contributed by atoms with Gasteiger partial charge in [-0.2, -0.15) is 0 Å². The number of fused-ring (bicyclic) bond motifs is 1. The number of pyridine rings is 1. The van der Waals surface area contributed by atoms with E-state index in [9.17, 15) is 0 Å². The zero-order valence-corrected chi connectivity index (χ0v) is 9.17. The van der Waals surface area contributed by atoms with E-state index in [1.54, 1.807) is 17.5 Å². The Kier molecular flexibility index (Phi) is 2.68. The maximum absolute atomic E-state index is 5.71. The van der Waals surface area contributed by atoms with Crippen molar-refractivity contribution < 1.29 is 4.74 Å². The van der Waals surface area contributed by atoms with Crippen LogP contribution in [-0.2, 0) is 0 Å². The van der Waals surface area contributed by atoms with Gasteiger partial charge in [0.05, 0.1) is 16.8 Å². The van der Waals surface area contributed by atoms with Crippen molar-refractivity contribution in [2.24, 2.45) is 5.92 Å². The molecule has 0 saturated heterocycles. The van der Waals surface area contributed by atoms with Crippen molar-refractivity contribution in [3.05, 3.63) is 23.7 Å². The molecule has 0 N–H and O–H groups in total. The van der Waals surface area contributed by atoms with Crippen LogP contribution in [-0.4, -0.2) is 11.6 Å². The lowest BCUT2D eigenvalue weighted by atomic mass is 10.2. The van der Waals surface area contributed by atoms with E-state index >= 15 is 0 Å². The molecule has 0 fully saturated rings. The molecule has 0 aliphatic carbocycles. The Morgan fingerprint density at radius 2 is 2.29 bits per heavy atom. The van der Waals surface area contributed by atoms with Crippen molar-refractivity contribution >= 4 is 21.6 Å². The van der Waals surface area contributed by atoms with Gasteiger partial charge in [0.1, 0.15) is 5.75 Å². The quantitative estimate of drug-likeness (QED) is 0.770. The first-order valence-electron chi connectivity index (χ1n) is 4.72. The number of rotatable bonds is 3. The zero-order valence-electron chi connectivity index (χ0n) is 8.36. The first-order valence-corrected chi connectivity index (χ1v) is 5.60. The van der Waals surface area contributed by atoms with E-state index in [0.29, 0.717) is 5.92 Å². The van der Waals surface area contributed by atoms with Crippen LogP contribution in [0.2, 0.25) is 0 Å². The number of aromatic nitrogens is 1. The molecule has 74 valence electrons. The summed E-state index contributed by atoms with van der Waals surface area (Å²) in [4.78, 5) is 4.26. The molecular formula is C11H13NOS. The van der Waals surface area contributed by atoms with Crippen LogP contribution < -0.4 is 4.74 Å². The van der Waals surface area contributed by atoms with Gasteiger partial charge >= 0.3 is 0 Å². The molecule has 0 saturated carbocycles. The Hall–Kier alpha value is -1.09. The van der Waals surface area contributed by atoms with Gasteiger partial charge in [-0.25, -0.2) is 0 Å². The van der Waals surface area contributed by atoms with E-state index in [-0.39, 0.29) is 0 Å². The van der Waals surface area contributed by atoms with Gasteiger partial charge in [0, 0.05) is 6.20 Å². The summed E-state index contributed by atoms with van der Waals surface area (Å²) in [6.45, 7) is 5.05. The summed E-state index contributed by atoms with van der Waals surface area (Å²) in [7, 11) is 0. The highest BCUT2D eigenvalue weighted by Crippen LogP contribution is 2.28. The van der Waals surface area contributed by atoms with Crippen LogP contribution in [0, 0.1) is 5.92 Å². The third kappa shape index (κ3) is 1.87. The Morgan fingerprint density at radius 3 is 3.07 bits per heavy atom. The van der Waals surface area contributed by atoms with Gasteiger partial charge in [0.2, 0.25) is 0 Å². The summed E-state index contributed by atoms with van der Waals surface area (Å²) in [5.41, 5.74) is 1.02. The molecule has 0 aliphatic rings. The Balaban J connectivity index is 2.27. The summed E-state index contributed by atoms with van der Waals surface area (Å²) in [6, 6.07) is 3.95. The molecule has 0 amide bonds. The van der Waals surface area contributed by atoms with Crippen LogP contribution >= 0.6 is 11.3 Å². The molecule has 0 spiro atoms. The van der Waals surface area contributed by atoms with E-state index in [2.05, 4.69) is 18.8 Å². The lowest BCUT2D eigenvalue weighted by Crippen LogP contribution is -2.04. The summed E-state index contributed by atoms with van der Waals surface area (Å²) in [5.74, 6) is 1.51. The lowest BCUT2D eigenvalue weighted by Gasteiger charge is -2.08. The minimum atomic E-state index is 0.554. The van der Waals surface area contributed by atoms with Crippen molar-refractivity contribution in [3.8, 4) is 5.75 Å². The van der Waals surface area contributed by atoms with Crippen LogP contribution in [0.25, 0.3) is 10.2 Å². The predicted molar refractivity (Wildman–Crippen MR) is 60.0 cm³/mol. The minimum absolute atomic E-state index is 0.554. The molecule has 2 rings (SSSR count). The summed E-state index contributed by atoms with van der Waals surface area (Å²) in [5, 5.41) is 2.04. The molecule has 2 nitrogen and oxygen atoms in total. The fourth-order valence-corrected chi connectivity index (χ4v) is 2.04. The lowest BCUT2D eigenvalue weighted by molar-refractivity contribution is 0.274. The normalized spacial score (nSPS) is 11.1. The third-order valence-corrected chi connectivity index (χ3v) is 2.80. The highest BCUT2D eigenvalue weighted by Gasteiger charge is 2.04. The van der Waals surface area contributed by atoms with Gasteiger partial charge in [0.15, 0.2) is 0 Å². The van der Waals surface area contributed by atoms with Gasteiger partial charge in [-0.15, -0.1) is 11.3 Å². The van der Waals surface area contributed by atoms with Gasteiger partial charge < -0.3 is 4.74 Å². The van der Waals surface area contributed by atoms with Crippen LogP contribution in [0.15, 0.2) is 23.7 Å². The van der Waals surface area contributed by atoms with Crippen molar-refractivity contribution in [3.63, 3.8) is 0 Å². The van der Waals surface area contributed by atoms with Crippen LogP contribution in [0.1, 0.15) is 13.8 Å². The monoisotopic (exact) mass is 207 g/mol. The summed E-state index contributed by atoms with van der Waals surface area (Å²) >= 11 is 1.68. The molecule has 0 aromatic carbocycles. The topological polar surface area (TPSA) is 22.1 Å². The fraction of sp³-hybridized carbons (Fsp3) is 0.364. The molecule has 0 radical (unpaired) electrons. The molecule has 2 aromatic heterocycles. The second kappa shape index (κ2) is 3.96. The second-order valence-electron chi connectivity index (χ2n) is 3.65. The largest absolute Gasteiger partial charge is 0.492 e. The molecule has 2 heterocycles. The van der Waals surface area contributed by atoms with Crippen LogP contribution in [0.3, 0.4) is 0 Å². The molecule has 14 heavy (non-hydrogen) atoms. The number of ether oxygens (including phenoxy) is 1. The van der Waals surface area contributed by atoms with Gasteiger partial charge in [-0.1, -0.05) is 13.8 Å². The molecule has 2 aromatic rings. The predicted octanol–water partition coefficient (Wildman–Crippen LogP) is 3.33. The van der Waals surface area contributed by atoms with E-state index in [1.807, 2.05) is 17.5 Å². The first kappa shape index (κ1) is 9.46. The smallest absolute Gasteiger partial charge is 0.140 e. The zero-order chi connectivity index (χ0) is 9.97. The number of hydrogen-bond donors (Lipinski definition) is 0. The van der Waals surface area contributed by atoms with E-state index in [4.69, 9.17) is 4.74 Å². The van der Waals surface area contributed by atoms with Crippen molar-refractivity contribution in [1.29, 1.82) is 0 Å². The molecule has 0 atom stereocenters. The van der Waals surface area contributed by atoms with Gasteiger partial charge in [0.25, 0.3) is 0 Å². The Bertz CT molecular complexity index is 422. The first-order chi connectivity index (χ1) is 6.77. The number of thiophene rings is 1. The molecular weight excluding hydrogens is 194 g/mol. The van der Waals surface area contributed by atoms with Crippen molar-refractivity contribution in [2.75, 3.05) is 6.61 Å². The maximum Gasteiger partial charge on any atom is 0.140 e. The van der Waals surface area contributed by atoms with Crippen LogP contribution in [0.4, 0.5) is 0 Å². The van der Waals surface area contributed by atoms with E-state index < -0.39 is 0 Å². The molecule has 0 bridgehead atoms. The number of nitrogens with zero attached hydrogens (tertiary/aromatic N) is 1. The standard InChI is InChI=1S/C11H13NOS/c1-8(2)7-13-10-3-5-12-9-4-6-14-11(9)10/h3-6,8H,7H2,1-2H3. The average molecular weight is 207 g/mol. The Morgan fingerprint density at radius 1 is 1.43 bits per heavy atom. The Labute approximate surface area is 87.5 Å². The average Bonchev–Trinajstić information content (AvgIpc) is 2.62.